The highest BCUT2D eigenvalue weighted by Crippen LogP contribution is 2.31. The zero-order valence-electron chi connectivity index (χ0n) is 16.1. The van der Waals surface area contributed by atoms with E-state index >= 15 is 0 Å². The number of carbonyl (C=O) groups is 1. The van der Waals surface area contributed by atoms with Gasteiger partial charge in [0.2, 0.25) is 0 Å². The first-order valence-electron chi connectivity index (χ1n) is 9.39. The molecule has 1 amide bonds. The van der Waals surface area contributed by atoms with Gasteiger partial charge in [-0.25, -0.2) is 4.98 Å². The lowest BCUT2D eigenvalue weighted by Crippen LogP contribution is -2.31. The first-order valence-corrected chi connectivity index (χ1v) is 9.39. The van der Waals surface area contributed by atoms with E-state index in [0.717, 1.165) is 12.1 Å². The molecule has 0 spiro atoms. The van der Waals surface area contributed by atoms with Crippen molar-refractivity contribution in [3.05, 3.63) is 63.7 Å². The molecule has 0 aliphatic carbocycles. The summed E-state index contributed by atoms with van der Waals surface area (Å²) in [6.07, 6.45) is -3.68. The maximum atomic E-state index is 12.7. The Kier molecular flexibility index (Phi) is 6.73. The normalized spacial score (nSPS) is 12.5. The van der Waals surface area contributed by atoms with Crippen LogP contribution in [-0.2, 0) is 6.18 Å². The highest BCUT2D eigenvalue weighted by atomic mass is 19.4. The van der Waals surface area contributed by atoms with Gasteiger partial charge in [-0.15, -0.1) is 0 Å². The minimum Gasteiger partial charge on any atom is -0.347 e. The number of nitroso groups, excluding NO2 is 2. The van der Waals surface area contributed by atoms with Crippen molar-refractivity contribution in [2.45, 2.75) is 25.1 Å². The minimum atomic E-state index is -4.40. The Morgan fingerprint density at radius 1 is 1.10 bits per heavy atom. The number of imidazole rings is 1. The molecule has 11 heteroatoms. The fourth-order valence-corrected chi connectivity index (χ4v) is 3.03. The largest absolute Gasteiger partial charge is 0.416 e. The van der Waals surface area contributed by atoms with Crippen molar-refractivity contribution in [1.82, 2.24) is 15.3 Å². The van der Waals surface area contributed by atoms with Gasteiger partial charge >= 0.3 is 6.18 Å². The summed E-state index contributed by atoms with van der Waals surface area (Å²) in [5.41, 5.74) is 1.54. The lowest BCUT2D eigenvalue weighted by Gasteiger charge is -2.08. The average molecular weight is 433 g/mol. The Labute approximate surface area is 174 Å². The molecule has 0 aliphatic rings. The van der Waals surface area contributed by atoms with Crippen molar-refractivity contribution in [3.8, 4) is 11.1 Å². The van der Waals surface area contributed by atoms with Gasteiger partial charge in [0, 0.05) is 6.54 Å². The molecule has 0 bridgehead atoms. The van der Waals surface area contributed by atoms with Crippen molar-refractivity contribution >= 4 is 16.9 Å². The van der Waals surface area contributed by atoms with Crippen molar-refractivity contribution in [2.75, 3.05) is 13.1 Å². The van der Waals surface area contributed by atoms with Crippen molar-refractivity contribution in [1.29, 1.82) is 0 Å². The molecule has 3 aromatic rings. The number of hydrogen-bond donors (Lipinski definition) is 2. The van der Waals surface area contributed by atoms with Crippen LogP contribution in [0.5, 0.6) is 0 Å². The maximum Gasteiger partial charge on any atom is 0.416 e. The molecule has 162 valence electrons. The molecule has 0 fully saturated rings. The van der Waals surface area contributed by atoms with Crippen molar-refractivity contribution < 1.29 is 18.0 Å². The third-order valence-electron chi connectivity index (χ3n) is 4.68. The van der Waals surface area contributed by atoms with Gasteiger partial charge in [-0.05, 0) is 48.2 Å². The molecule has 0 saturated carbocycles. The van der Waals surface area contributed by atoms with E-state index in [0.29, 0.717) is 35.0 Å². The van der Waals surface area contributed by atoms with Crippen molar-refractivity contribution in [3.63, 3.8) is 0 Å². The number of rotatable bonds is 9. The number of nitrogens with one attached hydrogen (secondary N) is 2. The van der Waals surface area contributed by atoms with E-state index in [1.54, 1.807) is 18.2 Å². The molecule has 3 rings (SSSR count). The summed E-state index contributed by atoms with van der Waals surface area (Å²) < 4.78 is 38.2. The number of aromatic amines is 1. The fourth-order valence-electron chi connectivity index (χ4n) is 3.03. The van der Waals surface area contributed by atoms with Crippen LogP contribution in [0, 0.1) is 9.81 Å². The van der Waals surface area contributed by atoms with Crippen LogP contribution >= 0.6 is 0 Å². The topological polar surface area (TPSA) is 117 Å². The maximum absolute atomic E-state index is 12.7. The lowest BCUT2D eigenvalue weighted by molar-refractivity contribution is -0.137. The molecule has 1 atom stereocenters. The predicted octanol–water partition coefficient (Wildman–Crippen LogP) is 4.66. The number of amides is 1. The molecular weight excluding hydrogens is 415 g/mol. The second-order valence-electron chi connectivity index (χ2n) is 6.86. The van der Waals surface area contributed by atoms with Crippen LogP contribution in [0.3, 0.4) is 0 Å². The SMILES string of the molecule is O=NCCC[C@H](CNC(=O)c1nc2ccc(-c3ccc(C(F)(F)F)cc3)cc2[nH]1)N=O. The zero-order valence-corrected chi connectivity index (χ0v) is 16.1. The minimum absolute atomic E-state index is 0.00492. The third-order valence-corrected chi connectivity index (χ3v) is 4.68. The number of carbonyl (C=O) groups excluding carboxylic acids is 1. The summed E-state index contributed by atoms with van der Waals surface area (Å²) in [5.74, 6) is -0.506. The average Bonchev–Trinajstić information content (AvgIpc) is 3.19. The third kappa shape index (κ3) is 5.50. The molecule has 0 unspecified atom stereocenters. The number of halogens is 3. The molecular formula is C20H18F3N5O3. The smallest absolute Gasteiger partial charge is 0.347 e. The molecule has 1 heterocycles. The summed E-state index contributed by atoms with van der Waals surface area (Å²) in [5, 5.41) is 8.19. The Morgan fingerprint density at radius 2 is 1.81 bits per heavy atom. The van der Waals surface area contributed by atoms with E-state index in [-0.39, 0.29) is 18.9 Å². The highest BCUT2D eigenvalue weighted by molar-refractivity contribution is 5.94. The van der Waals surface area contributed by atoms with Crippen LogP contribution in [0.4, 0.5) is 13.2 Å². The highest BCUT2D eigenvalue weighted by Gasteiger charge is 2.30. The van der Waals surface area contributed by atoms with Gasteiger partial charge < -0.3 is 10.3 Å². The molecule has 0 aliphatic heterocycles. The predicted molar refractivity (Wildman–Crippen MR) is 108 cm³/mol. The molecule has 31 heavy (non-hydrogen) atoms. The van der Waals surface area contributed by atoms with E-state index in [4.69, 9.17) is 0 Å². The van der Waals surface area contributed by atoms with Crippen molar-refractivity contribution in [2.24, 2.45) is 10.4 Å². The summed E-state index contributed by atoms with van der Waals surface area (Å²) in [4.78, 5) is 40.3. The molecule has 0 saturated heterocycles. The Morgan fingerprint density at radius 3 is 2.45 bits per heavy atom. The first-order chi connectivity index (χ1) is 14.8. The molecule has 2 N–H and O–H groups in total. The van der Waals surface area contributed by atoms with E-state index in [2.05, 4.69) is 25.6 Å². The monoisotopic (exact) mass is 433 g/mol. The van der Waals surface area contributed by atoms with Crippen LogP contribution in [0.25, 0.3) is 22.2 Å². The molecule has 2 aromatic carbocycles. The van der Waals surface area contributed by atoms with E-state index in [1.807, 2.05) is 0 Å². The van der Waals surface area contributed by atoms with Gasteiger partial charge in [0.15, 0.2) is 5.82 Å². The van der Waals surface area contributed by atoms with Crippen LogP contribution in [0.1, 0.15) is 29.0 Å². The fraction of sp³-hybridized carbons (Fsp3) is 0.300. The Hall–Kier alpha value is -3.63. The number of hydrogen-bond acceptors (Lipinski definition) is 6. The standard InChI is InChI=1S/C20H18F3N5O3/c21-20(22,23)14-6-3-12(4-7-14)13-5-8-16-17(10-13)27-18(26-16)19(29)24-11-15(28-31)2-1-9-25-30/h3-8,10,15H,1-2,9,11H2,(H,24,29)(H,26,27)/t15-/m1/s1. The number of fused-ring (bicyclic) bond motifs is 1. The summed E-state index contributed by atoms with van der Waals surface area (Å²) in [7, 11) is 0. The Bertz CT molecular complexity index is 1080. The molecule has 0 radical (unpaired) electrons. The number of benzene rings is 2. The van der Waals surface area contributed by atoms with E-state index < -0.39 is 23.7 Å². The number of nitrogens with zero attached hydrogens (tertiary/aromatic N) is 3. The molecule has 1 aromatic heterocycles. The van der Waals surface area contributed by atoms with Gasteiger partial charge in [0.05, 0.1) is 23.1 Å². The zero-order chi connectivity index (χ0) is 22.4. The molecule has 8 nitrogen and oxygen atoms in total. The summed E-state index contributed by atoms with van der Waals surface area (Å²) >= 11 is 0. The van der Waals surface area contributed by atoms with Gasteiger partial charge in [-0.3, -0.25) is 4.79 Å². The van der Waals surface area contributed by atoms with Gasteiger partial charge in [0.1, 0.15) is 6.04 Å². The first kappa shape index (κ1) is 22.1. The van der Waals surface area contributed by atoms with Gasteiger partial charge in [-0.2, -0.15) is 23.0 Å². The lowest BCUT2D eigenvalue weighted by atomic mass is 10.0. The number of aromatic nitrogens is 2. The van der Waals surface area contributed by atoms with E-state index in [9.17, 15) is 27.8 Å². The Balaban J connectivity index is 1.71. The second-order valence-corrected chi connectivity index (χ2v) is 6.86. The van der Waals surface area contributed by atoms with E-state index in [1.165, 1.54) is 12.1 Å². The second kappa shape index (κ2) is 9.45. The quantitative estimate of drug-likeness (QED) is 0.377. The van der Waals surface area contributed by atoms with Crippen LogP contribution in [-0.4, -0.2) is 35.0 Å². The van der Waals surface area contributed by atoms with Crippen LogP contribution in [0.2, 0.25) is 0 Å². The number of alkyl halides is 3. The summed E-state index contributed by atoms with van der Waals surface area (Å²) in [6, 6.07) is 9.12. The van der Waals surface area contributed by atoms with Gasteiger partial charge in [0.25, 0.3) is 5.91 Å². The number of H-pyrrole nitrogens is 1. The summed E-state index contributed by atoms with van der Waals surface area (Å²) in [6.45, 7) is 0.0693. The van der Waals surface area contributed by atoms with Crippen LogP contribution < -0.4 is 5.32 Å². The van der Waals surface area contributed by atoms with Gasteiger partial charge in [-0.1, -0.05) is 28.6 Å². The van der Waals surface area contributed by atoms with Crippen LogP contribution in [0.15, 0.2) is 52.8 Å².